The summed E-state index contributed by atoms with van der Waals surface area (Å²) in [6, 6.07) is 5.83. The van der Waals surface area contributed by atoms with Gasteiger partial charge in [-0.15, -0.1) is 0 Å². The number of hydrogen-bond acceptors (Lipinski definition) is 2. The minimum atomic E-state index is -0.449. The number of benzene rings is 1. The molecule has 0 aliphatic heterocycles. The molecule has 0 saturated heterocycles. The van der Waals surface area contributed by atoms with Gasteiger partial charge in [-0.3, -0.25) is 4.79 Å². The van der Waals surface area contributed by atoms with E-state index >= 15 is 0 Å². The third-order valence-electron chi connectivity index (χ3n) is 3.68. The largest absolute Gasteiger partial charge is 0.324 e. The fraction of sp³-hybridized carbons (Fsp3) is 0.611. The van der Waals surface area contributed by atoms with Crippen LogP contribution in [-0.4, -0.2) is 11.9 Å². The highest BCUT2D eigenvalue weighted by Gasteiger charge is 2.17. The van der Waals surface area contributed by atoms with Crippen molar-refractivity contribution < 1.29 is 4.79 Å². The second-order valence-electron chi connectivity index (χ2n) is 6.88. The third-order valence-corrected chi connectivity index (χ3v) is 3.68. The molecule has 21 heavy (non-hydrogen) atoms. The predicted molar refractivity (Wildman–Crippen MR) is 90.7 cm³/mol. The molecule has 0 bridgehead atoms. The number of amides is 1. The summed E-state index contributed by atoms with van der Waals surface area (Å²) in [5.41, 5.74) is 9.31. The van der Waals surface area contributed by atoms with Crippen molar-refractivity contribution in [1.29, 1.82) is 0 Å². The molecule has 0 aliphatic rings. The van der Waals surface area contributed by atoms with E-state index in [1.54, 1.807) is 0 Å². The molecule has 3 heteroatoms. The topological polar surface area (TPSA) is 55.1 Å². The molecule has 0 spiro atoms. The van der Waals surface area contributed by atoms with Gasteiger partial charge in [-0.05, 0) is 41.4 Å². The summed E-state index contributed by atoms with van der Waals surface area (Å²) in [6.07, 6.45) is 0.701. The van der Waals surface area contributed by atoms with Crippen LogP contribution in [0.15, 0.2) is 18.2 Å². The molecular weight excluding hydrogens is 260 g/mol. The Kier molecular flexibility index (Phi) is 6.41. The lowest BCUT2D eigenvalue weighted by atomic mass is 9.94. The summed E-state index contributed by atoms with van der Waals surface area (Å²) in [7, 11) is 0. The Morgan fingerprint density at radius 3 is 2.19 bits per heavy atom. The molecule has 1 rings (SSSR count). The van der Waals surface area contributed by atoms with Crippen LogP contribution in [0.3, 0.4) is 0 Å². The Morgan fingerprint density at radius 2 is 1.71 bits per heavy atom. The SMILES string of the molecule is CC(C)CC(N)C(=O)Nc1ccc(C(C)C)cc1C(C)C. The fourth-order valence-corrected chi connectivity index (χ4v) is 2.37. The summed E-state index contributed by atoms with van der Waals surface area (Å²) in [5.74, 6) is 1.16. The van der Waals surface area contributed by atoms with Gasteiger partial charge in [-0.1, -0.05) is 53.7 Å². The van der Waals surface area contributed by atoms with Crippen LogP contribution in [0.25, 0.3) is 0 Å². The van der Waals surface area contributed by atoms with E-state index in [1.165, 1.54) is 11.1 Å². The van der Waals surface area contributed by atoms with E-state index in [-0.39, 0.29) is 5.91 Å². The summed E-state index contributed by atoms with van der Waals surface area (Å²) in [4.78, 5) is 12.2. The molecule has 0 fully saturated rings. The molecule has 0 saturated carbocycles. The van der Waals surface area contributed by atoms with Gasteiger partial charge in [-0.25, -0.2) is 0 Å². The van der Waals surface area contributed by atoms with Gasteiger partial charge in [0.05, 0.1) is 6.04 Å². The van der Waals surface area contributed by atoms with E-state index in [9.17, 15) is 4.79 Å². The van der Waals surface area contributed by atoms with Gasteiger partial charge in [0.15, 0.2) is 0 Å². The zero-order valence-corrected chi connectivity index (χ0v) is 14.2. The number of hydrogen-bond donors (Lipinski definition) is 2. The van der Waals surface area contributed by atoms with Crippen molar-refractivity contribution in [3.8, 4) is 0 Å². The van der Waals surface area contributed by atoms with Crippen molar-refractivity contribution in [2.75, 3.05) is 5.32 Å². The Bertz CT molecular complexity index is 478. The molecule has 3 nitrogen and oxygen atoms in total. The van der Waals surface area contributed by atoms with E-state index < -0.39 is 6.04 Å². The number of rotatable bonds is 6. The molecule has 0 aliphatic carbocycles. The van der Waals surface area contributed by atoms with E-state index in [0.717, 1.165) is 5.69 Å². The van der Waals surface area contributed by atoms with Crippen LogP contribution in [0.4, 0.5) is 5.69 Å². The first kappa shape index (κ1) is 17.7. The highest BCUT2D eigenvalue weighted by atomic mass is 16.2. The molecule has 1 aromatic carbocycles. The summed E-state index contributed by atoms with van der Waals surface area (Å²) >= 11 is 0. The lowest BCUT2D eigenvalue weighted by Crippen LogP contribution is -2.36. The zero-order valence-electron chi connectivity index (χ0n) is 14.2. The second-order valence-corrected chi connectivity index (χ2v) is 6.88. The van der Waals surface area contributed by atoms with Crippen LogP contribution in [0, 0.1) is 5.92 Å². The number of carbonyl (C=O) groups excluding carboxylic acids is 1. The molecule has 118 valence electrons. The molecule has 1 unspecified atom stereocenters. The Balaban J connectivity index is 2.94. The van der Waals surface area contributed by atoms with Crippen LogP contribution in [0.1, 0.15) is 70.9 Å². The Hall–Kier alpha value is -1.35. The zero-order chi connectivity index (χ0) is 16.2. The quantitative estimate of drug-likeness (QED) is 0.823. The smallest absolute Gasteiger partial charge is 0.241 e. The lowest BCUT2D eigenvalue weighted by Gasteiger charge is -2.19. The number of carbonyl (C=O) groups is 1. The highest BCUT2D eigenvalue weighted by molar-refractivity contribution is 5.95. The van der Waals surface area contributed by atoms with Crippen molar-refractivity contribution >= 4 is 11.6 Å². The van der Waals surface area contributed by atoms with Gasteiger partial charge in [0.25, 0.3) is 0 Å². The molecule has 0 radical (unpaired) electrons. The maximum Gasteiger partial charge on any atom is 0.241 e. The van der Waals surface area contributed by atoms with Gasteiger partial charge < -0.3 is 11.1 Å². The van der Waals surface area contributed by atoms with E-state index in [4.69, 9.17) is 5.73 Å². The standard InChI is InChI=1S/C18H30N2O/c1-11(2)9-16(19)18(21)20-17-8-7-14(12(3)4)10-15(17)13(5)6/h7-8,10-13,16H,9,19H2,1-6H3,(H,20,21). The minimum Gasteiger partial charge on any atom is -0.324 e. The normalized spacial score (nSPS) is 13.0. The van der Waals surface area contributed by atoms with Crippen molar-refractivity contribution in [2.45, 2.75) is 65.8 Å². The molecule has 1 aromatic rings. The second kappa shape index (κ2) is 7.60. The van der Waals surface area contributed by atoms with Crippen LogP contribution < -0.4 is 11.1 Å². The van der Waals surface area contributed by atoms with Crippen molar-refractivity contribution in [3.63, 3.8) is 0 Å². The summed E-state index contributed by atoms with van der Waals surface area (Å²) in [5, 5.41) is 3.00. The summed E-state index contributed by atoms with van der Waals surface area (Å²) < 4.78 is 0. The first-order valence-electron chi connectivity index (χ1n) is 7.92. The van der Waals surface area contributed by atoms with Gasteiger partial charge >= 0.3 is 0 Å². The van der Waals surface area contributed by atoms with Gasteiger partial charge in [0.1, 0.15) is 0 Å². The highest BCUT2D eigenvalue weighted by Crippen LogP contribution is 2.28. The van der Waals surface area contributed by atoms with Crippen molar-refractivity contribution in [2.24, 2.45) is 11.7 Å². The van der Waals surface area contributed by atoms with E-state index in [1.807, 2.05) is 6.07 Å². The molecule has 0 heterocycles. The molecule has 1 amide bonds. The molecule has 3 N–H and O–H groups in total. The van der Waals surface area contributed by atoms with Crippen LogP contribution >= 0.6 is 0 Å². The first-order valence-corrected chi connectivity index (χ1v) is 7.92. The van der Waals surface area contributed by atoms with Crippen LogP contribution in [0.5, 0.6) is 0 Å². The maximum atomic E-state index is 12.2. The first-order chi connectivity index (χ1) is 9.72. The predicted octanol–water partition coefficient (Wildman–Crippen LogP) is 4.25. The van der Waals surface area contributed by atoms with Crippen molar-refractivity contribution in [3.05, 3.63) is 29.3 Å². The molecular formula is C18H30N2O. The van der Waals surface area contributed by atoms with Crippen LogP contribution in [0.2, 0.25) is 0 Å². The number of nitrogens with one attached hydrogen (secondary N) is 1. The van der Waals surface area contributed by atoms with E-state index in [2.05, 4.69) is 59.0 Å². The van der Waals surface area contributed by atoms with Crippen molar-refractivity contribution in [1.82, 2.24) is 0 Å². The molecule has 1 atom stereocenters. The van der Waals surface area contributed by atoms with E-state index in [0.29, 0.717) is 24.2 Å². The fourth-order valence-electron chi connectivity index (χ4n) is 2.37. The Labute approximate surface area is 129 Å². The van der Waals surface area contributed by atoms with Gasteiger partial charge in [0.2, 0.25) is 5.91 Å². The average Bonchev–Trinajstić information content (AvgIpc) is 2.37. The monoisotopic (exact) mass is 290 g/mol. The van der Waals surface area contributed by atoms with Gasteiger partial charge in [-0.2, -0.15) is 0 Å². The maximum absolute atomic E-state index is 12.2. The van der Waals surface area contributed by atoms with Crippen LogP contribution in [-0.2, 0) is 4.79 Å². The number of anilines is 1. The molecule has 0 aromatic heterocycles. The number of nitrogens with two attached hydrogens (primary N) is 1. The third kappa shape index (κ3) is 5.16. The Morgan fingerprint density at radius 1 is 1.10 bits per heavy atom. The minimum absolute atomic E-state index is 0.0945. The lowest BCUT2D eigenvalue weighted by molar-refractivity contribution is -0.117. The average molecular weight is 290 g/mol. The van der Waals surface area contributed by atoms with Gasteiger partial charge in [0, 0.05) is 5.69 Å². The summed E-state index contributed by atoms with van der Waals surface area (Å²) in [6.45, 7) is 12.8.